The standard InChI is InChI=1S/C22H24N2O3S/c1-26-17-12-10-16(11-13-17)19-8-3-2-6-14-24(19)21(25)15-28-22-23-18-7-4-5-9-20(18)27-22/h4-5,7,9-13,19H,2-3,6,8,14-15H2,1H3. The summed E-state index contributed by atoms with van der Waals surface area (Å²) in [6.45, 7) is 0.795. The van der Waals surface area contributed by atoms with Crippen LogP contribution in [0.2, 0.25) is 0 Å². The lowest BCUT2D eigenvalue weighted by atomic mass is 10.0. The predicted molar refractivity (Wildman–Crippen MR) is 111 cm³/mol. The molecule has 0 aliphatic carbocycles. The van der Waals surface area contributed by atoms with E-state index in [-0.39, 0.29) is 11.9 Å². The highest BCUT2D eigenvalue weighted by atomic mass is 32.2. The fourth-order valence-electron chi connectivity index (χ4n) is 3.70. The van der Waals surface area contributed by atoms with Gasteiger partial charge in [-0.2, -0.15) is 0 Å². The molecule has 1 saturated heterocycles. The fourth-order valence-corrected chi connectivity index (χ4v) is 4.42. The van der Waals surface area contributed by atoms with Crippen molar-refractivity contribution in [3.05, 3.63) is 54.1 Å². The quantitative estimate of drug-likeness (QED) is 0.564. The zero-order valence-corrected chi connectivity index (χ0v) is 16.8. The smallest absolute Gasteiger partial charge is 0.257 e. The average Bonchev–Trinajstić information content (AvgIpc) is 2.99. The molecule has 3 aromatic rings. The first kappa shape index (κ1) is 18.9. The molecule has 146 valence electrons. The van der Waals surface area contributed by atoms with Crippen LogP contribution >= 0.6 is 11.8 Å². The third-order valence-corrected chi connectivity index (χ3v) is 5.98. The van der Waals surface area contributed by atoms with Crippen LogP contribution < -0.4 is 4.74 Å². The van der Waals surface area contributed by atoms with Crippen LogP contribution in [0.5, 0.6) is 5.75 Å². The zero-order chi connectivity index (χ0) is 19.3. The first-order valence-corrected chi connectivity index (χ1v) is 10.6. The van der Waals surface area contributed by atoms with E-state index in [4.69, 9.17) is 9.15 Å². The van der Waals surface area contributed by atoms with Gasteiger partial charge in [-0.25, -0.2) is 4.98 Å². The summed E-state index contributed by atoms with van der Waals surface area (Å²) in [7, 11) is 1.67. The number of rotatable bonds is 5. The molecule has 1 fully saturated rings. The fraction of sp³-hybridized carbons (Fsp3) is 0.364. The van der Waals surface area contributed by atoms with Crippen molar-refractivity contribution >= 4 is 28.8 Å². The van der Waals surface area contributed by atoms with E-state index in [1.165, 1.54) is 17.3 Å². The number of carbonyl (C=O) groups is 1. The van der Waals surface area contributed by atoms with E-state index in [1.54, 1.807) is 7.11 Å². The Labute approximate surface area is 169 Å². The van der Waals surface area contributed by atoms with E-state index in [0.717, 1.165) is 49.1 Å². The van der Waals surface area contributed by atoms with Crippen LogP contribution in [0.1, 0.15) is 37.3 Å². The van der Waals surface area contributed by atoms with Crippen LogP contribution in [0.3, 0.4) is 0 Å². The summed E-state index contributed by atoms with van der Waals surface area (Å²) < 4.78 is 11.0. The molecule has 0 bridgehead atoms. The largest absolute Gasteiger partial charge is 0.497 e. The van der Waals surface area contributed by atoms with Crippen LogP contribution in [0.4, 0.5) is 0 Å². The third kappa shape index (κ3) is 4.17. The molecule has 1 atom stereocenters. The summed E-state index contributed by atoms with van der Waals surface area (Å²) >= 11 is 1.37. The Morgan fingerprint density at radius 3 is 2.79 bits per heavy atom. The van der Waals surface area contributed by atoms with E-state index in [1.807, 2.05) is 41.3 Å². The summed E-state index contributed by atoms with van der Waals surface area (Å²) in [6.07, 6.45) is 4.34. The second kappa shape index (κ2) is 8.69. The van der Waals surface area contributed by atoms with Crippen molar-refractivity contribution in [2.75, 3.05) is 19.4 Å². The number of hydrogen-bond donors (Lipinski definition) is 0. The zero-order valence-electron chi connectivity index (χ0n) is 16.0. The predicted octanol–water partition coefficient (Wildman–Crippen LogP) is 5.07. The summed E-state index contributed by atoms with van der Waals surface area (Å²) in [5.41, 5.74) is 2.74. The van der Waals surface area contributed by atoms with Crippen molar-refractivity contribution in [2.24, 2.45) is 0 Å². The number of benzene rings is 2. The number of hydrogen-bond acceptors (Lipinski definition) is 5. The lowest BCUT2D eigenvalue weighted by Gasteiger charge is -2.30. The van der Waals surface area contributed by atoms with Crippen molar-refractivity contribution in [2.45, 2.75) is 36.9 Å². The van der Waals surface area contributed by atoms with Gasteiger partial charge in [0.05, 0.1) is 18.9 Å². The summed E-state index contributed by atoms with van der Waals surface area (Å²) in [6, 6.07) is 15.9. The van der Waals surface area contributed by atoms with Crippen molar-refractivity contribution in [1.82, 2.24) is 9.88 Å². The van der Waals surface area contributed by atoms with Gasteiger partial charge in [-0.3, -0.25) is 4.79 Å². The number of carbonyl (C=O) groups excluding carboxylic acids is 1. The lowest BCUT2D eigenvalue weighted by Crippen LogP contribution is -2.36. The Kier molecular flexibility index (Phi) is 5.86. The van der Waals surface area contributed by atoms with Gasteiger partial charge < -0.3 is 14.1 Å². The van der Waals surface area contributed by atoms with Crippen molar-refractivity contribution in [3.8, 4) is 5.75 Å². The number of ether oxygens (including phenoxy) is 1. The minimum atomic E-state index is 0.116. The number of fused-ring (bicyclic) bond motifs is 1. The first-order chi connectivity index (χ1) is 13.7. The van der Waals surface area contributed by atoms with E-state index >= 15 is 0 Å². The molecule has 0 radical (unpaired) electrons. The third-order valence-electron chi connectivity index (χ3n) is 5.17. The highest BCUT2D eigenvalue weighted by Gasteiger charge is 2.27. The van der Waals surface area contributed by atoms with E-state index < -0.39 is 0 Å². The van der Waals surface area contributed by atoms with Gasteiger partial charge in [0.15, 0.2) is 5.58 Å². The molecule has 0 spiro atoms. The Morgan fingerprint density at radius 1 is 1.18 bits per heavy atom. The lowest BCUT2D eigenvalue weighted by molar-refractivity contribution is -0.130. The number of para-hydroxylation sites is 2. The maximum Gasteiger partial charge on any atom is 0.257 e. The molecule has 2 heterocycles. The average molecular weight is 397 g/mol. The van der Waals surface area contributed by atoms with Gasteiger partial charge in [0, 0.05) is 6.54 Å². The molecule has 5 nitrogen and oxygen atoms in total. The minimum Gasteiger partial charge on any atom is -0.497 e. The normalized spacial score (nSPS) is 17.5. The molecular formula is C22H24N2O3S. The number of nitrogens with zero attached hydrogens (tertiary/aromatic N) is 2. The maximum atomic E-state index is 13.1. The van der Waals surface area contributed by atoms with Crippen LogP contribution in [0, 0.1) is 0 Å². The van der Waals surface area contributed by atoms with Crippen LogP contribution in [0.25, 0.3) is 11.1 Å². The molecule has 1 aliphatic heterocycles. The molecule has 0 saturated carbocycles. The number of likely N-dealkylation sites (tertiary alicyclic amines) is 1. The summed E-state index contributed by atoms with van der Waals surface area (Å²) in [4.78, 5) is 19.5. The van der Waals surface area contributed by atoms with Crippen LogP contribution in [-0.2, 0) is 4.79 Å². The Bertz CT molecular complexity index is 905. The number of aromatic nitrogens is 1. The Hall–Kier alpha value is -2.47. The number of oxazole rings is 1. The van der Waals surface area contributed by atoms with Crippen molar-refractivity contribution in [3.63, 3.8) is 0 Å². The van der Waals surface area contributed by atoms with Gasteiger partial charge in [0.25, 0.3) is 5.22 Å². The minimum absolute atomic E-state index is 0.116. The Balaban J connectivity index is 1.47. The van der Waals surface area contributed by atoms with Gasteiger partial charge in [-0.15, -0.1) is 0 Å². The van der Waals surface area contributed by atoms with Crippen molar-refractivity contribution < 1.29 is 13.9 Å². The van der Waals surface area contributed by atoms with Gasteiger partial charge >= 0.3 is 0 Å². The molecule has 1 amide bonds. The molecule has 4 rings (SSSR count). The molecule has 1 aromatic heterocycles. The van der Waals surface area contributed by atoms with E-state index in [9.17, 15) is 4.79 Å². The van der Waals surface area contributed by atoms with Crippen LogP contribution in [-0.4, -0.2) is 35.2 Å². The SMILES string of the molecule is COc1ccc(C2CCCCCN2C(=O)CSc2nc3ccccc3o2)cc1. The van der Waals surface area contributed by atoms with Crippen LogP contribution in [0.15, 0.2) is 58.2 Å². The summed E-state index contributed by atoms with van der Waals surface area (Å²) in [5, 5.41) is 0.547. The molecule has 0 N–H and O–H groups in total. The topological polar surface area (TPSA) is 55.6 Å². The highest BCUT2D eigenvalue weighted by Crippen LogP contribution is 2.32. The van der Waals surface area contributed by atoms with Gasteiger partial charge in [-0.1, -0.05) is 48.9 Å². The second-order valence-electron chi connectivity index (χ2n) is 6.96. The number of thioether (sulfide) groups is 1. The second-order valence-corrected chi connectivity index (χ2v) is 7.89. The molecular weight excluding hydrogens is 372 g/mol. The molecule has 1 unspecified atom stereocenters. The van der Waals surface area contributed by atoms with Gasteiger partial charge in [0.1, 0.15) is 11.3 Å². The number of methoxy groups -OCH3 is 1. The van der Waals surface area contributed by atoms with Gasteiger partial charge in [0.2, 0.25) is 5.91 Å². The molecule has 6 heteroatoms. The monoisotopic (exact) mass is 396 g/mol. The maximum absolute atomic E-state index is 13.1. The van der Waals surface area contributed by atoms with E-state index in [0.29, 0.717) is 11.0 Å². The van der Waals surface area contributed by atoms with Gasteiger partial charge in [-0.05, 0) is 42.7 Å². The molecule has 28 heavy (non-hydrogen) atoms. The number of amides is 1. The summed E-state index contributed by atoms with van der Waals surface area (Å²) in [5.74, 6) is 1.30. The van der Waals surface area contributed by atoms with Crippen molar-refractivity contribution in [1.29, 1.82) is 0 Å². The molecule has 1 aliphatic rings. The molecule has 2 aromatic carbocycles. The highest BCUT2D eigenvalue weighted by molar-refractivity contribution is 7.99. The van der Waals surface area contributed by atoms with E-state index in [2.05, 4.69) is 17.1 Å². The first-order valence-electron chi connectivity index (χ1n) is 9.66. The Morgan fingerprint density at radius 2 is 2.00 bits per heavy atom.